The van der Waals surface area contributed by atoms with Gasteiger partial charge in [-0.15, -0.1) is 0 Å². The molecule has 1 heterocycles. The van der Waals surface area contributed by atoms with E-state index in [1.807, 2.05) is 12.1 Å². The molecule has 0 saturated heterocycles. The molecule has 5 nitrogen and oxygen atoms in total. The van der Waals surface area contributed by atoms with Crippen molar-refractivity contribution in [2.75, 3.05) is 6.61 Å². The highest BCUT2D eigenvalue weighted by atomic mass is 35.5. The molecule has 0 spiro atoms. The molecule has 0 saturated carbocycles. The van der Waals surface area contributed by atoms with Gasteiger partial charge >= 0.3 is 0 Å². The van der Waals surface area contributed by atoms with Gasteiger partial charge in [0, 0.05) is 10.6 Å². The second-order valence-electron chi connectivity index (χ2n) is 4.76. The van der Waals surface area contributed by atoms with Crippen LogP contribution in [0.25, 0.3) is 0 Å². The van der Waals surface area contributed by atoms with Crippen LogP contribution < -0.4 is 14.9 Å². The summed E-state index contributed by atoms with van der Waals surface area (Å²) in [6.07, 6.45) is 0.677. The zero-order valence-corrected chi connectivity index (χ0v) is 13.3. The number of amides is 1. The van der Waals surface area contributed by atoms with Gasteiger partial charge < -0.3 is 9.47 Å². The number of hydrogen-bond acceptors (Lipinski definition) is 4. The van der Waals surface area contributed by atoms with Gasteiger partial charge in [0.15, 0.2) is 11.5 Å². The number of nitrogens with one attached hydrogen (secondary N) is 1. The fourth-order valence-electron chi connectivity index (χ4n) is 1.99. The van der Waals surface area contributed by atoms with Crippen LogP contribution in [-0.4, -0.2) is 24.8 Å². The van der Waals surface area contributed by atoms with Crippen molar-refractivity contribution in [1.82, 2.24) is 5.43 Å². The lowest BCUT2D eigenvalue weighted by Gasteiger charge is -2.24. The molecule has 0 bridgehead atoms. The molecule has 0 fully saturated rings. The van der Waals surface area contributed by atoms with E-state index in [1.165, 1.54) is 6.21 Å². The van der Waals surface area contributed by atoms with E-state index in [4.69, 9.17) is 32.7 Å². The van der Waals surface area contributed by atoms with Crippen LogP contribution in [0.4, 0.5) is 0 Å². The number of hydrogen-bond donors (Lipinski definition) is 1. The first-order valence-corrected chi connectivity index (χ1v) is 7.55. The van der Waals surface area contributed by atoms with E-state index in [0.717, 1.165) is 0 Å². The molecule has 1 amide bonds. The average Bonchev–Trinajstić information content (AvgIpc) is 2.56. The Balaban J connectivity index is 1.61. The first-order chi connectivity index (χ1) is 11.1. The molecule has 7 heteroatoms. The zero-order chi connectivity index (χ0) is 16.2. The number of benzene rings is 2. The number of carbonyl (C=O) groups excluding carboxylic acids is 1. The molecular weight excluding hydrogens is 339 g/mol. The summed E-state index contributed by atoms with van der Waals surface area (Å²) in [4.78, 5) is 12.1. The molecular formula is C16H12Cl2N2O3. The fraction of sp³-hybridized carbons (Fsp3) is 0.125. The first-order valence-electron chi connectivity index (χ1n) is 6.80. The van der Waals surface area contributed by atoms with Gasteiger partial charge in [-0.2, -0.15) is 5.10 Å². The first kappa shape index (κ1) is 15.6. The summed E-state index contributed by atoms with van der Waals surface area (Å²) in [5.41, 5.74) is 3.05. The SMILES string of the molecule is O=C(NN=Cc1ccc(Cl)cc1Cl)[C@H]1COc2ccccc2O1. The van der Waals surface area contributed by atoms with Crippen molar-refractivity contribution in [2.24, 2.45) is 5.10 Å². The Bertz CT molecular complexity index is 765. The molecule has 23 heavy (non-hydrogen) atoms. The van der Waals surface area contributed by atoms with Crippen molar-refractivity contribution in [3.8, 4) is 11.5 Å². The highest BCUT2D eigenvalue weighted by molar-refractivity contribution is 6.36. The maximum atomic E-state index is 12.1. The van der Waals surface area contributed by atoms with Crippen molar-refractivity contribution in [3.05, 3.63) is 58.1 Å². The minimum absolute atomic E-state index is 0.125. The number of halogens is 2. The number of fused-ring (bicyclic) bond motifs is 1. The van der Waals surface area contributed by atoms with E-state index in [0.29, 0.717) is 27.1 Å². The molecule has 1 N–H and O–H groups in total. The summed E-state index contributed by atoms with van der Waals surface area (Å²) in [6, 6.07) is 12.2. The lowest BCUT2D eigenvalue weighted by atomic mass is 10.2. The molecule has 0 unspecified atom stereocenters. The molecule has 0 radical (unpaired) electrons. The van der Waals surface area contributed by atoms with Crippen LogP contribution in [0, 0.1) is 0 Å². The lowest BCUT2D eigenvalue weighted by molar-refractivity contribution is -0.130. The van der Waals surface area contributed by atoms with Crippen LogP contribution in [0.15, 0.2) is 47.6 Å². The van der Waals surface area contributed by atoms with E-state index >= 15 is 0 Å². The molecule has 2 aromatic rings. The van der Waals surface area contributed by atoms with Crippen LogP contribution in [-0.2, 0) is 4.79 Å². The fourth-order valence-corrected chi connectivity index (χ4v) is 2.45. The van der Waals surface area contributed by atoms with Crippen LogP contribution in [0.2, 0.25) is 10.0 Å². The summed E-state index contributed by atoms with van der Waals surface area (Å²) in [5, 5.41) is 4.85. The smallest absolute Gasteiger partial charge is 0.284 e. The third-order valence-electron chi connectivity index (χ3n) is 3.14. The van der Waals surface area contributed by atoms with Gasteiger partial charge in [0.05, 0.1) is 11.2 Å². The van der Waals surface area contributed by atoms with E-state index < -0.39 is 12.0 Å². The third-order valence-corrected chi connectivity index (χ3v) is 3.70. The van der Waals surface area contributed by atoms with Crippen molar-refractivity contribution in [2.45, 2.75) is 6.10 Å². The van der Waals surface area contributed by atoms with Crippen LogP contribution in [0.5, 0.6) is 11.5 Å². The predicted molar refractivity (Wildman–Crippen MR) is 88.6 cm³/mol. The maximum absolute atomic E-state index is 12.1. The molecule has 2 aromatic carbocycles. The summed E-state index contributed by atoms with van der Waals surface area (Å²) in [5.74, 6) is 0.748. The normalized spacial score (nSPS) is 16.3. The monoisotopic (exact) mass is 350 g/mol. The Morgan fingerprint density at radius 1 is 1.22 bits per heavy atom. The van der Waals surface area contributed by atoms with E-state index in [1.54, 1.807) is 30.3 Å². The predicted octanol–water partition coefficient (Wildman–Crippen LogP) is 3.28. The molecule has 0 aliphatic carbocycles. The summed E-state index contributed by atoms with van der Waals surface area (Å²) < 4.78 is 11.1. The Morgan fingerprint density at radius 3 is 2.78 bits per heavy atom. The number of hydrazone groups is 1. The molecule has 118 valence electrons. The Labute approximate surface area is 142 Å². The van der Waals surface area contributed by atoms with E-state index in [2.05, 4.69) is 10.5 Å². The molecule has 0 aromatic heterocycles. The van der Waals surface area contributed by atoms with E-state index in [9.17, 15) is 4.79 Å². The van der Waals surface area contributed by atoms with Crippen LogP contribution in [0.1, 0.15) is 5.56 Å². The summed E-state index contributed by atoms with van der Waals surface area (Å²) in [7, 11) is 0. The van der Waals surface area contributed by atoms with Gasteiger partial charge in [0.1, 0.15) is 6.61 Å². The standard InChI is InChI=1S/C16H12Cl2N2O3/c17-11-6-5-10(12(18)7-11)8-19-20-16(21)15-9-22-13-3-1-2-4-14(13)23-15/h1-8,15H,9H2,(H,20,21)/t15-/m1/s1. The number of para-hydroxylation sites is 2. The molecule has 1 atom stereocenters. The third kappa shape index (κ3) is 3.75. The van der Waals surface area contributed by atoms with E-state index in [-0.39, 0.29) is 6.61 Å². The summed E-state index contributed by atoms with van der Waals surface area (Å²) >= 11 is 11.8. The highest BCUT2D eigenvalue weighted by Gasteiger charge is 2.26. The second-order valence-corrected chi connectivity index (χ2v) is 5.61. The van der Waals surface area contributed by atoms with Crippen LogP contribution in [0.3, 0.4) is 0 Å². The van der Waals surface area contributed by atoms with Gasteiger partial charge in [-0.3, -0.25) is 4.79 Å². The maximum Gasteiger partial charge on any atom is 0.284 e. The number of rotatable bonds is 3. The summed E-state index contributed by atoms with van der Waals surface area (Å²) in [6.45, 7) is 0.125. The second kappa shape index (κ2) is 6.89. The highest BCUT2D eigenvalue weighted by Crippen LogP contribution is 2.30. The molecule has 3 rings (SSSR count). The van der Waals surface area contributed by atoms with Crippen molar-refractivity contribution >= 4 is 35.3 Å². The Morgan fingerprint density at radius 2 is 2.00 bits per heavy atom. The number of nitrogens with zero attached hydrogens (tertiary/aromatic N) is 1. The van der Waals surface area contributed by atoms with Crippen LogP contribution >= 0.6 is 23.2 Å². The van der Waals surface area contributed by atoms with Gasteiger partial charge in [-0.05, 0) is 24.3 Å². The largest absolute Gasteiger partial charge is 0.485 e. The van der Waals surface area contributed by atoms with Crippen molar-refractivity contribution in [1.29, 1.82) is 0 Å². The van der Waals surface area contributed by atoms with Crippen molar-refractivity contribution in [3.63, 3.8) is 0 Å². The minimum atomic E-state index is -0.761. The molecule has 1 aliphatic rings. The zero-order valence-electron chi connectivity index (χ0n) is 11.8. The Kier molecular flexibility index (Phi) is 4.69. The van der Waals surface area contributed by atoms with Gasteiger partial charge in [-0.1, -0.05) is 41.4 Å². The quantitative estimate of drug-likeness (QED) is 0.682. The number of ether oxygens (including phenoxy) is 2. The van der Waals surface area contributed by atoms with Gasteiger partial charge in [0.2, 0.25) is 6.10 Å². The van der Waals surface area contributed by atoms with Gasteiger partial charge in [0.25, 0.3) is 5.91 Å². The minimum Gasteiger partial charge on any atom is -0.485 e. The number of carbonyl (C=O) groups is 1. The topological polar surface area (TPSA) is 59.9 Å². The van der Waals surface area contributed by atoms with Crippen molar-refractivity contribution < 1.29 is 14.3 Å². The molecule has 1 aliphatic heterocycles. The van der Waals surface area contributed by atoms with Gasteiger partial charge in [-0.25, -0.2) is 5.43 Å². The lowest BCUT2D eigenvalue weighted by Crippen LogP contribution is -2.42. The average molecular weight is 351 g/mol. The Hall–Kier alpha value is -2.24.